The molecule has 0 aromatic heterocycles. The van der Waals surface area contributed by atoms with E-state index in [4.69, 9.17) is 11.6 Å². The van der Waals surface area contributed by atoms with E-state index in [9.17, 15) is 0 Å². The second kappa shape index (κ2) is 6.03. The van der Waals surface area contributed by atoms with Crippen molar-refractivity contribution >= 4 is 11.6 Å². The Morgan fingerprint density at radius 3 is 2.22 bits per heavy atom. The Hall–Kier alpha value is -1.31. The summed E-state index contributed by atoms with van der Waals surface area (Å²) in [4.78, 5) is 0. The van der Waals surface area contributed by atoms with Gasteiger partial charge >= 0.3 is 0 Å². The lowest BCUT2D eigenvalue weighted by atomic mass is 10.0. The lowest BCUT2D eigenvalue weighted by molar-refractivity contribution is 0.818. The fourth-order valence-electron chi connectivity index (χ4n) is 2.03. The predicted octanol–water partition coefficient (Wildman–Crippen LogP) is 4.29. The molecule has 2 aromatic rings. The number of nitrogens with one attached hydrogen (secondary N) is 1. The summed E-state index contributed by atoms with van der Waals surface area (Å²) in [5.74, 6) is 0. The average Bonchev–Trinajstić information content (AvgIpc) is 2.40. The molecule has 0 spiro atoms. The van der Waals surface area contributed by atoms with Crippen molar-refractivity contribution in [2.45, 2.75) is 19.9 Å². The summed E-state index contributed by atoms with van der Waals surface area (Å²) in [7, 11) is 1.94. The van der Waals surface area contributed by atoms with Crippen LogP contribution in [0.3, 0.4) is 0 Å². The molecule has 0 saturated heterocycles. The molecule has 0 heterocycles. The predicted molar refractivity (Wildman–Crippen MR) is 79.0 cm³/mol. The Bertz CT molecular complexity index is 517. The van der Waals surface area contributed by atoms with E-state index >= 15 is 0 Å². The van der Waals surface area contributed by atoms with Gasteiger partial charge in [0.25, 0.3) is 0 Å². The first-order chi connectivity index (χ1) is 8.74. The Labute approximate surface area is 114 Å². The Morgan fingerprint density at radius 2 is 1.67 bits per heavy atom. The smallest absolute Gasteiger partial charge is 0.0487 e. The SMILES string of the molecule is CCc1ccc(-c2ccc(CNC)cc2Cl)cc1. The molecule has 2 aromatic carbocycles. The van der Waals surface area contributed by atoms with E-state index < -0.39 is 0 Å². The summed E-state index contributed by atoms with van der Waals surface area (Å²) in [6.45, 7) is 3.00. The van der Waals surface area contributed by atoms with Gasteiger partial charge in [0.1, 0.15) is 0 Å². The van der Waals surface area contributed by atoms with Crippen LogP contribution in [0.25, 0.3) is 11.1 Å². The van der Waals surface area contributed by atoms with Crippen molar-refractivity contribution < 1.29 is 0 Å². The highest BCUT2D eigenvalue weighted by Gasteiger charge is 2.04. The third kappa shape index (κ3) is 2.92. The number of rotatable bonds is 4. The molecule has 18 heavy (non-hydrogen) atoms. The minimum atomic E-state index is 0.812. The molecule has 0 saturated carbocycles. The topological polar surface area (TPSA) is 12.0 Å². The fraction of sp³-hybridized carbons (Fsp3) is 0.250. The first kappa shape index (κ1) is 13.1. The summed E-state index contributed by atoms with van der Waals surface area (Å²) in [5.41, 5.74) is 4.82. The maximum Gasteiger partial charge on any atom is 0.0487 e. The third-order valence-corrected chi connectivity index (χ3v) is 3.40. The maximum atomic E-state index is 6.35. The van der Waals surface area contributed by atoms with Crippen LogP contribution in [0.4, 0.5) is 0 Å². The summed E-state index contributed by atoms with van der Waals surface area (Å²) in [6, 6.07) is 14.8. The van der Waals surface area contributed by atoms with Crippen LogP contribution in [-0.2, 0) is 13.0 Å². The Balaban J connectivity index is 2.32. The van der Waals surface area contributed by atoms with E-state index in [0.29, 0.717) is 0 Å². The molecule has 0 bridgehead atoms. The second-order valence-electron chi connectivity index (χ2n) is 4.40. The molecule has 0 aliphatic heterocycles. The van der Waals surface area contributed by atoms with E-state index in [1.165, 1.54) is 16.7 Å². The van der Waals surface area contributed by atoms with Gasteiger partial charge in [-0.1, -0.05) is 54.9 Å². The van der Waals surface area contributed by atoms with Crippen LogP contribution < -0.4 is 5.32 Å². The van der Waals surface area contributed by atoms with Crippen molar-refractivity contribution in [1.29, 1.82) is 0 Å². The van der Waals surface area contributed by atoms with Crippen molar-refractivity contribution in [2.75, 3.05) is 7.05 Å². The number of benzene rings is 2. The first-order valence-corrected chi connectivity index (χ1v) is 6.64. The largest absolute Gasteiger partial charge is 0.316 e. The molecule has 0 radical (unpaired) electrons. The van der Waals surface area contributed by atoms with Crippen LogP contribution in [0.1, 0.15) is 18.1 Å². The van der Waals surface area contributed by atoms with E-state index in [2.05, 4.69) is 48.6 Å². The molecule has 0 aliphatic rings. The van der Waals surface area contributed by atoms with Gasteiger partial charge in [-0.3, -0.25) is 0 Å². The molecule has 0 aliphatic carbocycles. The minimum absolute atomic E-state index is 0.812. The molecule has 0 amide bonds. The lowest BCUT2D eigenvalue weighted by Gasteiger charge is -2.08. The van der Waals surface area contributed by atoms with Crippen LogP contribution in [0, 0.1) is 0 Å². The van der Waals surface area contributed by atoms with Crippen molar-refractivity contribution in [1.82, 2.24) is 5.32 Å². The molecule has 2 rings (SSSR count). The van der Waals surface area contributed by atoms with Crippen molar-refractivity contribution in [3.63, 3.8) is 0 Å². The van der Waals surface area contributed by atoms with Crippen LogP contribution in [0.15, 0.2) is 42.5 Å². The molecule has 1 N–H and O–H groups in total. The first-order valence-electron chi connectivity index (χ1n) is 6.27. The number of hydrogen-bond acceptors (Lipinski definition) is 1. The van der Waals surface area contributed by atoms with Gasteiger partial charge in [0.05, 0.1) is 0 Å². The van der Waals surface area contributed by atoms with Crippen LogP contribution in [0.5, 0.6) is 0 Å². The standard InChI is InChI=1S/C16H18ClN/c1-3-12-4-7-14(8-5-12)15-9-6-13(11-18-2)10-16(15)17/h4-10,18H,3,11H2,1-2H3. The zero-order chi connectivity index (χ0) is 13.0. The van der Waals surface area contributed by atoms with Gasteiger partial charge in [-0.05, 0) is 36.2 Å². The fourth-order valence-corrected chi connectivity index (χ4v) is 2.34. The van der Waals surface area contributed by atoms with Crippen LogP contribution in [-0.4, -0.2) is 7.05 Å². The van der Waals surface area contributed by atoms with Gasteiger partial charge in [-0.2, -0.15) is 0 Å². The van der Waals surface area contributed by atoms with E-state index in [-0.39, 0.29) is 0 Å². The molecular weight excluding hydrogens is 242 g/mol. The van der Waals surface area contributed by atoms with Crippen molar-refractivity contribution in [2.24, 2.45) is 0 Å². The van der Waals surface area contributed by atoms with Crippen LogP contribution in [0.2, 0.25) is 5.02 Å². The monoisotopic (exact) mass is 259 g/mol. The maximum absolute atomic E-state index is 6.35. The normalized spacial score (nSPS) is 10.6. The number of hydrogen-bond donors (Lipinski definition) is 1. The van der Waals surface area contributed by atoms with Crippen molar-refractivity contribution in [3.8, 4) is 11.1 Å². The van der Waals surface area contributed by atoms with E-state index in [1.54, 1.807) is 0 Å². The average molecular weight is 260 g/mol. The quantitative estimate of drug-likeness (QED) is 0.864. The summed E-state index contributed by atoms with van der Waals surface area (Å²) in [5, 5.41) is 3.94. The van der Waals surface area contributed by atoms with E-state index in [1.807, 2.05) is 13.1 Å². The van der Waals surface area contributed by atoms with Gasteiger partial charge in [0.15, 0.2) is 0 Å². The molecule has 0 atom stereocenters. The van der Waals surface area contributed by atoms with Gasteiger partial charge in [-0.25, -0.2) is 0 Å². The van der Waals surface area contributed by atoms with Gasteiger partial charge < -0.3 is 5.32 Å². The Morgan fingerprint density at radius 1 is 1.00 bits per heavy atom. The number of aryl methyl sites for hydroxylation is 1. The van der Waals surface area contributed by atoms with E-state index in [0.717, 1.165) is 23.6 Å². The summed E-state index contributed by atoms with van der Waals surface area (Å²) >= 11 is 6.35. The molecule has 0 unspecified atom stereocenters. The van der Waals surface area contributed by atoms with Crippen LogP contribution >= 0.6 is 11.6 Å². The van der Waals surface area contributed by atoms with Crippen molar-refractivity contribution in [3.05, 3.63) is 58.6 Å². The molecule has 2 heteroatoms. The molecule has 1 nitrogen and oxygen atoms in total. The molecule has 94 valence electrons. The zero-order valence-corrected chi connectivity index (χ0v) is 11.6. The Kier molecular flexibility index (Phi) is 4.40. The second-order valence-corrected chi connectivity index (χ2v) is 4.80. The molecule has 0 fully saturated rings. The third-order valence-electron chi connectivity index (χ3n) is 3.09. The lowest BCUT2D eigenvalue weighted by Crippen LogP contribution is -2.04. The van der Waals surface area contributed by atoms with Gasteiger partial charge in [0, 0.05) is 17.1 Å². The van der Waals surface area contributed by atoms with Gasteiger partial charge in [-0.15, -0.1) is 0 Å². The molecular formula is C16H18ClN. The highest BCUT2D eigenvalue weighted by atomic mass is 35.5. The summed E-state index contributed by atoms with van der Waals surface area (Å²) in [6.07, 6.45) is 1.06. The highest BCUT2D eigenvalue weighted by molar-refractivity contribution is 6.33. The number of halogens is 1. The highest BCUT2D eigenvalue weighted by Crippen LogP contribution is 2.29. The van der Waals surface area contributed by atoms with Gasteiger partial charge in [0.2, 0.25) is 0 Å². The summed E-state index contributed by atoms with van der Waals surface area (Å²) < 4.78 is 0. The minimum Gasteiger partial charge on any atom is -0.316 e. The zero-order valence-electron chi connectivity index (χ0n) is 10.8.